The Morgan fingerprint density at radius 3 is 2.38 bits per heavy atom. The summed E-state index contributed by atoms with van der Waals surface area (Å²) in [6, 6.07) is 23.9. The number of nitrogens with zero attached hydrogens (tertiary/aromatic N) is 1. The van der Waals surface area contributed by atoms with Gasteiger partial charge >= 0.3 is 0 Å². The summed E-state index contributed by atoms with van der Waals surface area (Å²) in [5.41, 5.74) is 6.82. The topological polar surface area (TPSA) is 12.9 Å². The molecule has 1 heteroatoms. The van der Waals surface area contributed by atoms with Gasteiger partial charge in [0.1, 0.15) is 0 Å². The molecule has 1 heterocycles. The van der Waals surface area contributed by atoms with Crippen LogP contribution in [0.3, 0.4) is 0 Å². The van der Waals surface area contributed by atoms with Gasteiger partial charge in [0.05, 0.1) is 0 Å². The quantitative estimate of drug-likeness (QED) is 0.641. The van der Waals surface area contributed by atoms with E-state index in [1.807, 2.05) is 6.20 Å². The second-order valence-electron chi connectivity index (χ2n) is 5.58. The van der Waals surface area contributed by atoms with Gasteiger partial charge in [-0.2, -0.15) is 0 Å². The largest absolute Gasteiger partial charge is 0.261 e. The van der Waals surface area contributed by atoms with E-state index < -0.39 is 0 Å². The second kappa shape index (κ2) is 5.17. The predicted molar refractivity (Wildman–Crippen MR) is 85.5 cm³/mol. The van der Waals surface area contributed by atoms with Gasteiger partial charge in [-0.1, -0.05) is 60.7 Å². The summed E-state index contributed by atoms with van der Waals surface area (Å²) in [6.45, 7) is 0. The number of benzene rings is 2. The molecule has 0 saturated heterocycles. The van der Waals surface area contributed by atoms with E-state index in [2.05, 4.69) is 71.7 Å². The van der Waals surface area contributed by atoms with Gasteiger partial charge in [-0.05, 0) is 41.2 Å². The van der Waals surface area contributed by atoms with Crippen molar-refractivity contribution in [1.29, 1.82) is 0 Å². The van der Waals surface area contributed by atoms with E-state index in [1.165, 1.54) is 27.9 Å². The number of pyridine rings is 1. The SMILES string of the molecule is c1ccc(C2c3ccccc3CCc3ncccc32)cc1. The average Bonchev–Trinajstić information content (AvgIpc) is 2.72. The van der Waals surface area contributed by atoms with Crippen molar-refractivity contribution in [1.82, 2.24) is 4.98 Å². The van der Waals surface area contributed by atoms with Crippen molar-refractivity contribution in [2.45, 2.75) is 18.8 Å². The smallest absolute Gasteiger partial charge is 0.0448 e. The van der Waals surface area contributed by atoms with Gasteiger partial charge in [0.15, 0.2) is 0 Å². The highest BCUT2D eigenvalue weighted by Gasteiger charge is 2.25. The van der Waals surface area contributed by atoms with E-state index in [-0.39, 0.29) is 0 Å². The van der Waals surface area contributed by atoms with Crippen molar-refractivity contribution in [3.8, 4) is 0 Å². The zero-order valence-corrected chi connectivity index (χ0v) is 11.9. The molecule has 0 aliphatic heterocycles. The van der Waals surface area contributed by atoms with Crippen molar-refractivity contribution >= 4 is 0 Å². The first-order valence-corrected chi connectivity index (χ1v) is 7.50. The molecule has 0 fully saturated rings. The molecule has 3 aromatic rings. The van der Waals surface area contributed by atoms with Crippen LogP contribution in [0.15, 0.2) is 72.9 Å². The maximum atomic E-state index is 4.64. The number of rotatable bonds is 1. The van der Waals surface area contributed by atoms with E-state index in [0.717, 1.165) is 12.8 Å². The van der Waals surface area contributed by atoms with E-state index in [1.54, 1.807) is 0 Å². The lowest BCUT2D eigenvalue weighted by Gasteiger charge is -2.20. The van der Waals surface area contributed by atoms with Crippen molar-refractivity contribution in [2.75, 3.05) is 0 Å². The number of aryl methyl sites for hydroxylation is 2. The molecule has 0 spiro atoms. The Morgan fingerprint density at radius 1 is 0.714 bits per heavy atom. The van der Waals surface area contributed by atoms with Gasteiger partial charge in [-0.15, -0.1) is 0 Å². The van der Waals surface area contributed by atoms with Crippen molar-refractivity contribution in [3.05, 3.63) is 101 Å². The summed E-state index contributed by atoms with van der Waals surface area (Å²) in [5, 5.41) is 0. The molecular weight excluding hydrogens is 254 g/mol. The zero-order valence-electron chi connectivity index (χ0n) is 11.9. The molecule has 0 bridgehead atoms. The molecule has 1 unspecified atom stereocenters. The summed E-state index contributed by atoms with van der Waals surface area (Å²) in [5.74, 6) is 0.300. The van der Waals surface area contributed by atoms with Crippen LogP contribution in [-0.4, -0.2) is 4.98 Å². The lowest BCUT2D eigenvalue weighted by atomic mass is 9.84. The predicted octanol–water partition coefficient (Wildman–Crippen LogP) is 4.36. The second-order valence-corrected chi connectivity index (χ2v) is 5.58. The van der Waals surface area contributed by atoms with Crippen LogP contribution in [0.4, 0.5) is 0 Å². The van der Waals surface area contributed by atoms with Gasteiger partial charge in [-0.25, -0.2) is 0 Å². The van der Waals surface area contributed by atoms with E-state index >= 15 is 0 Å². The lowest BCUT2D eigenvalue weighted by Crippen LogP contribution is -2.06. The minimum Gasteiger partial charge on any atom is -0.261 e. The molecular formula is C20H17N. The summed E-state index contributed by atoms with van der Waals surface area (Å²) in [7, 11) is 0. The number of fused-ring (bicyclic) bond motifs is 2. The maximum absolute atomic E-state index is 4.64. The lowest BCUT2D eigenvalue weighted by molar-refractivity contribution is 0.907. The van der Waals surface area contributed by atoms with Crippen LogP contribution in [0.1, 0.15) is 33.9 Å². The summed E-state index contributed by atoms with van der Waals surface area (Å²) >= 11 is 0. The van der Waals surface area contributed by atoms with Crippen molar-refractivity contribution in [3.63, 3.8) is 0 Å². The molecule has 0 amide bonds. The van der Waals surface area contributed by atoms with Crippen LogP contribution in [0.5, 0.6) is 0 Å². The molecule has 0 saturated carbocycles. The Balaban J connectivity index is 1.99. The third-order valence-corrected chi connectivity index (χ3v) is 4.37. The van der Waals surface area contributed by atoms with Gasteiger partial charge in [0.25, 0.3) is 0 Å². The van der Waals surface area contributed by atoms with Crippen LogP contribution in [0.2, 0.25) is 0 Å². The minimum absolute atomic E-state index is 0.300. The molecule has 4 rings (SSSR count). The third kappa shape index (κ3) is 2.15. The Morgan fingerprint density at radius 2 is 1.48 bits per heavy atom. The molecule has 1 atom stereocenters. The third-order valence-electron chi connectivity index (χ3n) is 4.37. The highest BCUT2D eigenvalue weighted by atomic mass is 14.7. The monoisotopic (exact) mass is 271 g/mol. The molecule has 1 aliphatic carbocycles. The maximum Gasteiger partial charge on any atom is 0.0448 e. The standard InChI is InChI=1S/C20H17N/c1-2-8-16(9-3-1)20-17-10-5-4-7-15(17)12-13-19-18(20)11-6-14-21-19/h1-11,14,20H,12-13H2. The molecule has 0 N–H and O–H groups in total. The fraction of sp³-hybridized carbons (Fsp3) is 0.150. The fourth-order valence-electron chi connectivity index (χ4n) is 3.39. The average molecular weight is 271 g/mol. The van der Waals surface area contributed by atoms with Gasteiger partial charge in [0.2, 0.25) is 0 Å². The van der Waals surface area contributed by atoms with Crippen molar-refractivity contribution in [2.24, 2.45) is 0 Å². The van der Waals surface area contributed by atoms with E-state index in [9.17, 15) is 0 Å². The normalized spacial score (nSPS) is 16.7. The highest BCUT2D eigenvalue weighted by Crippen LogP contribution is 2.37. The first-order chi connectivity index (χ1) is 10.4. The fourth-order valence-corrected chi connectivity index (χ4v) is 3.39. The molecule has 1 aromatic heterocycles. The summed E-state index contributed by atoms with van der Waals surface area (Å²) in [4.78, 5) is 4.64. The van der Waals surface area contributed by atoms with Gasteiger partial charge < -0.3 is 0 Å². The molecule has 0 radical (unpaired) electrons. The van der Waals surface area contributed by atoms with Gasteiger partial charge in [0, 0.05) is 17.8 Å². The molecule has 102 valence electrons. The summed E-state index contributed by atoms with van der Waals surface area (Å²) in [6.07, 6.45) is 4.01. The summed E-state index contributed by atoms with van der Waals surface area (Å²) < 4.78 is 0. The van der Waals surface area contributed by atoms with E-state index in [4.69, 9.17) is 0 Å². The van der Waals surface area contributed by atoms with Crippen LogP contribution in [-0.2, 0) is 12.8 Å². The molecule has 1 nitrogen and oxygen atoms in total. The number of hydrogen-bond donors (Lipinski definition) is 0. The Kier molecular flexibility index (Phi) is 3.04. The first-order valence-electron chi connectivity index (χ1n) is 7.50. The van der Waals surface area contributed by atoms with Gasteiger partial charge in [-0.3, -0.25) is 4.98 Å². The molecule has 21 heavy (non-hydrogen) atoms. The Hall–Kier alpha value is -2.41. The van der Waals surface area contributed by atoms with E-state index in [0.29, 0.717) is 5.92 Å². The van der Waals surface area contributed by atoms with Crippen LogP contribution >= 0.6 is 0 Å². The molecule has 1 aliphatic rings. The Labute approximate surface area is 125 Å². The number of aromatic nitrogens is 1. The Bertz CT molecular complexity index is 714. The molecule has 2 aromatic carbocycles. The first kappa shape index (κ1) is 12.3. The van der Waals surface area contributed by atoms with Crippen LogP contribution in [0, 0.1) is 0 Å². The number of hydrogen-bond acceptors (Lipinski definition) is 1. The van der Waals surface area contributed by atoms with Crippen LogP contribution < -0.4 is 0 Å². The highest BCUT2D eigenvalue weighted by molar-refractivity contribution is 5.49. The minimum atomic E-state index is 0.300. The van der Waals surface area contributed by atoms with Crippen LogP contribution in [0.25, 0.3) is 0 Å². The zero-order chi connectivity index (χ0) is 14.1. The van der Waals surface area contributed by atoms with Crippen molar-refractivity contribution < 1.29 is 0 Å².